The standard InChI is InChI=1S/C20H24N4O4S/c1-13(25)21-14-5-4-6-15(11-14)22-20(26)19-17-7-2-3-8-18(17)24(23-19)16-9-10-29(27,28)12-16/h4-6,11,16H,2-3,7-10,12H2,1H3,(H,21,25)(H,22,26)/t16-/m1/s1. The zero-order valence-electron chi connectivity index (χ0n) is 16.3. The fourth-order valence-corrected chi connectivity index (χ4v) is 5.84. The Balaban J connectivity index is 1.61. The second-order valence-electron chi connectivity index (χ2n) is 7.70. The molecule has 4 rings (SSSR count). The molecule has 1 aliphatic carbocycles. The Morgan fingerprint density at radius 1 is 1.14 bits per heavy atom. The first-order chi connectivity index (χ1) is 13.8. The molecule has 2 amide bonds. The van der Waals surface area contributed by atoms with E-state index in [9.17, 15) is 18.0 Å². The van der Waals surface area contributed by atoms with Gasteiger partial charge in [-0.05, 0) is 50.3 Å². The van der Waals surface area contributed by atoms with Crippen molar-refractivity contribution in [2.24, 2.45) is 0 Å². The van der Waals surface area contributed by atoms with Crippen molar-refractivity contribution in [3.63, 3.8) is 0 Å². The van der Waals surface area contributed by atoms with Crippen LogP contribution in [-0.4, -0.2) is 41.5 Å². The number of fused-ring (bicyclic) bond motifs is 1. The molecule has 1 fully saturated rings. The third-order valence-corrected chi connectivity index (χ3v) is 7.17. The van der Waals surface area contributed by atoms with Crippen LogP contribution in [0.5, 0.6) is 0 Å². The van der Waals surface area contributed by atoms with Crippen molar-refractivity contribution in [3.8, 4) is 0 Å². The van der Waals surface area contributed by atoms with Gasteiger partial charge in [0.25, 0.3) is 5.91 Å². The van der Waals surface area contributed by atoms with Crippen LogP contribution in [0.15, 0.2) is 24.3 Å². The molecule has 0 saturated carbocycles. The van der Waals surface area contributed by atoms with E-state index in [0.717, 1.165) is 36.9 Å². The molecule has 0 bridgehead atoms. The molecule has 8 nitrogen and oxygen atoms in total. The van der Waals surface area contributed by atoms with Crippen LogP contribution in [0.2, 0.25) is 0 Å². The van der Waals surface area contributed by atoms with Gasteiger partial charge in [-0.1, -0.05) is 6.07 Å². The van der Waals surface area contributed by atoms with Gasteiger partial charge in [0.05, 0.1) is 17.5 Å². The first-order valence-electron chi connectivity index (χ1n) is 9.82. The van der Waals surface area contributed by atoms with E-state index in [0.29, 0.717) is 23.5 Å². The third kappa shape index (κ3) is 4.19. The SMILES string of the molecule is CC(=O)Nc1cccc(NC(=O)c2nn([C@@H]3CCS(=O)(=O)C3)c3c2CCCC3)c1. The summed E-state index contributed by atoms with van der Waals surface area (Å²) in [5.74, 6) is -0.249. The van der Waals surface area contributed by atoms with E-state index >= 15 is 0 Å². The zero-order chi connectivity index (χ0) is 20.6. The van der Waals surface area contributed by atoms with Crippen molar-refractivity contribution in [1.82, 2.24) is 9.78 Å². The average molecular weight is 417 g/mol. The molecule has 0 spiro atoms. The van der Waals surface area contributed by atoms with E-state index < -0.39 is 9.84 Å². The van der Waals surface area contributed by atoms with Gasteiger partial charge in [0.1, 0.15) is 0 Å². The predicted octanol–water partition coefficient (Wildman–Crippen LogP) is 2.33. The second-order valence-corrected chi connectivity index (χ2v) is 9.93. The summed E-state index contributed by atoms with van der Waals surface area (Å²) in [6, 6.07) is 6.73. The minimum Gasteiger partial charge on any atom is -0.326 e. The molecule has 1 atom stereocenters. The third-order valence-electron chi connectivity index (χ3n) is 5.42. The molecular formula is C20H24N4O4S. The number of carbonyl (C=O) groups is 2. The number of benzene rings is 1. The summed E-state index contributed by atoms with van der Waals surface area (Å²) in [4.78, 5) is 24.2. The van der Waals surface area contributed by atoms with Gasteiger partial charge in [-0.15, -0.1) is 0 Å². The molecule has 1 aliphatic heterocycles. The fourth-order valence-electron chi connectivity index (χ4n) is 4.15. The molecule has 1 aromatic heterocycles. The Bertz CT molecular complexity index is 1070. The Hall–Kier alpha value is -2.68. The van der Waals surface area contributed by atoms with E-state index in [4.69, 9.17) is 0 Å². The van der Waals surface area contributed by atoms with Crippen molar-refractivity contribution in [3.05, 3.63) is 41.2 Å². The van der Waals surface area contributed by atoms with Gasteiger partial charge in [-0.3, -0.25) is 14.3 Å². The highest BCUT2D eigenvalue weighted by atomic mass is 32.2. The number of rotatable bonds is 4. The van der Waals surface area contributed by atoms with Gasteiger partial charge >= 0.3 is 0 Å². The maximum absolute atomic E-state index is 13.0. The van der Waals surface area contributed by atoms with E-state index in [1.165, 1.54) is 6.92 Å². The van der Waals surface area contributed by atoms with Crippen LogP contribution in [0.25, 0.3) is 0 Å². The molecule has 1 aromatic carbocycles. The first kappa shape index (κ1) is 19.6. The van der Waals surface area contributed by atoms with E-state index in [1.54, 1.807) is 28.9 Å². The summed E-state index contributed by atoms with van der Waals surface area (Å²) < 4.78 is 25.6. The van der Waals surface area contributed by atoms with Gasteiger partial charge in [0, 0.05) is 29.6 Å². The Morgan fingerprint density at radius 3 is 2.55 bits per heavy atom. The van der Waals surface area contributed by atoms with Crippen LogP contribution in [0.3, 0.4) is 0 Å². The number of hydrogen-bond donors (Lipinski definition) is 2. The van der Waals surface area contributed by atoms with Crippen molar-refractivity contribution in [1.29, 1.82) is 0 Å². The molecule has 29 heavy (non-hydrogen) atoms. The summed E-state index contributed by atoms with van der Waals surface area (Å²) in [5, 5.41) is 10.1. The Morgan fingerprint density at radius 2 is 1.86 bits per heavy atom. The van der Waals surface area contributed by atoms with Crippen molar-refractivity contribution >= 4 is 33.0 Å². The first-order valence-corrected chi connectivity index (χ1v) is 11.6. The van der Waals surface area contributed by atoms with E-state index in [1.807, 2.05) is 0 Å². The smallest absolute Gasteiger partial charge is 0.276 e. The molecule has 2 heterocycles. The molecule has 0 unspecified atom stereocenters. The molecule has 2 N–H and O–H groups in total. The molecule has 154 valence electrons. The highest BCUT2D eigenvalue weighted by molar-refractivity contribution is 7.91. The van der Waals surface area contributed by atoms with Gasteiger partial charge in [-0.25, -0.2) is 8.42 Å². The number of amides is 2. The lowest BCUT2D eigenvalue weighted by molar-refractivity contribution is -0.114. The lowest BCUT2D eigenvalue weighted by Gasteiger charge is -2.17. The van der Waals surface area contributed by atoms with Crippen molar-refractivity contribution < 1.29 is 18.0 Å². The summed E-state index contributed by atoms with van der Waals surface area (Å²) >= 11 is 0. The molecule has 2 aromatic rings. The molecule has 9 heteroatoms. The lowest BCUT2D eigenvalue weighted by Crippen LogP contribution is -2.17. The number of sulfone groups is 1. The quantitative estimate of drug-likeness (QED) is 0.795. The summed E-state index contributed by atoms with van der Waals surface area (Å²) in [7, 11) is -3.04. The van der Waals surface area contributed by atoms with Crippen molar-refractivity contribution in [2.45, 2.75) is 45.1 Å². The second kappa shape index (κ2) is 7.62. The number of nitrogens with zero attached hydrogens (tertiary/aromatic N) is 2. The van der Waals surface area contributed by atoms with E-state index in [-0.39, 0.29) is 29.4 Å². The number of carbonyl (C=O) groups excluding carboxylic acids is 2. The normalized spacial score (nSPS) is 20.1. The van der Waals surface area contributed by atoms with Crippen LogP contribution >= 0.6 is 0 Å². The van der Waals surface area contributed by atoms with Crippen LogP contribution in [-0.2, 0) is 27.5 Å². The Kier molecular flexibility index (Phi) is 5.16. The maximum atomic E-state index is 13.0. The van der Waals surface area contributed by atoms with Crippen LogP contribution in [0.4, 0.5) is 11.4 Å². The van der Waals surface area contributed by atoms with Gasteiger partial charge < -0.3 is 10.6 Å². The molecular weight excluding hydrogens is 392 g/mol. The Labute approximate surface area is 169 Å². The lowest BCUT2D eigenvalue weighted by atomic mass is 9.95. The van der Waals surface area contributed by atoms with Crippen LogP contribution < -0.4 is 10.6 Å². The molecule has 2 aliphatic rings. The highest BCUT2D eigenvalue weighted by Crippen LogP contribution is 2.31. The summed E-state index contributed by atoms with van der Waals surface area (Å²) in [6.07, 6.45) is 4.11. The van der Waals surface area contributed by atoms with Crippen LogP contribution in [0, 0.1) is 0 Å². The summed E-state index contributed by atoms with van der Waals surface area (Å²) in [6.45, 7) is 1.42. The fraction of sp³-hybridized carbons (Fsp3) is 0.450. The van der Waals surface area contributed by atoms with Crippen LogP contribution in [0.1, 0.15) is 54.0 Å². The number of hydrogen-bond acceptors (Lipinski definition) is 5. The largest absolute Gasteiger partial charge is 0.326 e. The highest BCUT2D eigenvalue weighted by Gasteiger charge is 2.34. The van der Waals surface area contributed by atoms with Gasteiger partial charge in [0.2, 0.25) is 5.91 Å². The maximum Gasteiger partial charge on any atom is 0.276 e. The number of anilines is 2. The predicted molar refractivity (Wildman–Crippen MR) is 110 cm³/mol. The van der Waals surface area contributed by atoms with Crippen molar-refractivity contribution in [2.75, 3.05) is 22.1 Å². The average Bonchev–Trinajstić information content (AvgIpc) is 3.21. The summed E-state index contributed by atoms with van der Waals surface area (Å²) in [5.41, 5.74) is 3.45. The van der Waals surface area contributed by atoms with Gasteiger partial charge in [0.15, 0.2) is 15.5 Å². The molecule has 1 saturated heterocycles. The topological polar surface area (TPSA) is 110 Å². The van der Waals surface area contributed by atoms with Gasteiger partial charge in [-0.2, -0.15) is 5.10 Å². The number of aromatic nitrogens is 2. The zero-order valence-corrected chi connectivity index (χ0v) is 17.1. The van der Waals surface area contributed by atoms with E-state index in [2.05, 4.69) is 15.7 Å². The molecule has 0 radical (unpaired) electrons. The number of nitrogens with one attached hydrogen (secondary N) is 2. The monoisotopic (exact) mass is 416 g/mol. The minimum atomic E-state index is -3.04. The minimum absolute atomic E-state index is 0.0843.